The average molecular weight is 491 g/mol. The van der Waals surface area contributed by atoms with Gasteiger partial charge in [0.15, 0.2) is 0 Å². The number of amides is 1. The quantitative estimate of drug-likeness (QED) is 0.501. The van der Waals surface area contributed by atoms with Crippen molar-refractivity contribution in [1.82, 2.24) is 0 Å². The molecule has 0 aromatic heterocycles. The first-order valence-electron chi connectivity index (χ1n) is 9.67. The minimum absolute atomic E-state index is 0.00857. The molecule has 174 valence electrons. The Labute approximate surface area is 197 Å². The van der Waals surface area contributed by atoms with E-state index < -0.39 is 15.9 Å². The molecule has 1 amide bonds. The lowest BCUT2D eigenvalue weighted by Gasteiger charge is -2.20. The molecule has 3 rings (SSSR count). The standard InChI is InChI=1S/C23H23ClN2O6S/c1-26(15-5-7-16(30-2)8-6-15)33(28,29)18-10-11-20(24)19(14-18)23(27)25-21-13-17(31-3)9-12-22(21)32-4/h5-14H,1-4H3,(H,25,27). The maximum atomic E-state index is 13.2. The predicted molar refractivity (Wildman–Crippen MR) is 128 cm³/mol. The van der Waals surface area contributed by atoms with Gasteiger partial charge in [0.25, 0.3) is 15.9 Å². The number of hydrogen-bond acceptors (Lipinski definition) is 6. The Kier molecular flexibility index (Phi) is 7.35. The molecule has 8 nitrogen and oxygen atoms in total. The summed E-state index contributed by atoms with van der Waals surface area (Å²) in [4.78, 5) is 12.9. The van der Waals surface area contributed by atoms with Crippen LogP contribution in [0.4, 0.5) is 11.4 Å². The Morgan fingerprint density at radius 3 is 2.12 bits per heavy atom. The topological polar surface area (TPSA) is 94.2 Å². The van der Waals surface area contributed by atoms with Crippen molar-refractivity contribution >= 4 is 38.9 Å². The van der Waals surface area contributed by atoms with E-state index in [0.717, 1.165) is 4.31 Å². The van der Waals surface area contributed by atoms with E-state index in [2.05, 4.69) is 5.32 Å². The summed E-state index contributed by atoms with van der Waals surface area (Å²) in [5.41, 5.74) is 0.769. The van der Waals surface area contributed by atoms with E-state index in [4.69, 9.17) is 25.8 Å². The zero-order valence-corrected chi connectivity index (χ0v) is 20.0. The van der Waals surface area contributed by atoms with Gasteiger partial charge in [0.1, 0.15) is 17.2 Å². The summed E-state index contributed by atoms with van der Waals surface area (Å²) < 4.78 is 43.1. The second kappa shape index (κ2) is 10.0. The van der Waals surface area contributed by atoms with Crippen molar-refractivity contribution in [2.45, 2.75) is 4.90 Å². The molecule has 0 fully saturated rings. The fourth-order valence-corrected chi connectivity index (χ4v) is 4.45. The zero-order valence-electron chi connectivity index (χ0n) is 18.5. The minimum Gasteiger partial charge on any atom is -0.497 e. The Hall–Kier alpha value is -3.43. The van der Waals surface area contributed by atoms with Crippen LogP contribution in [0.25, 0.3) is 0 Å². The van der Waals surface area contributed by atoms with Gasteiger partial charge >= 0.3 is 0 Å². The number of sulfonamides is 1. The third-order valence-electron chi connectivity index (χ3n) is 4.93. The van der Waals surface area contributed by atoms with E-state index in [0.29, 0.717) is 28.6 Å². The molecular formula is C23H23ClN2O6S. The maximum Gasteiger partial charge on any atom is 0.264 e. The molecule has 0 saturated heterocycles. The van der Waals surface area contributed by atoms with Crippen LogP contribution in [0.15, 0.2) is 65.6 Å². The molecule has 3 aromatic rings. The van der Waals surface area contributed by atoms with Gasteiger partial charge in [-0.25, -0.2) is 8.42 Å². The number of rotatable bonds is 8. The molecule has 1 N–H and O–H groups in total. The van der Waals surface area contributed by atoms with Crippen LogP contribution in [0.3, 0.4) is 0 Å². The monoisotopic (exact) mass is 490 g/mol. The van der Waals surface area contributed by atoms with E-state index >= 15 is 0 Å². The third kappa shape index (κ3) is 5.15. The van der Waals surface area contributed by atoms with Crippen LogP contribution in [0.2, 0.25) is 5.02 Å². The number of hydrogen-bond donors (Lipinski definition) is 1. The van der Waals surface area contributed by atoms with E-state index in [-0.39, 0.29) is 15.5 Å². The maximum absolute atomic E-state index is 13.2. The number of carbonyl (C=O) groups excluding carboxylic acids is 1. The number of halogens is 1. The highest BCUT2D eigenvalue weighted by Crippen LogP contribution is 2.31. The van der Waals surface area contributed by atoms with Crippen LogP contribution >= 0.6 is 11.6 Å². The van der Waals surface area contributed by atoms with Gasteiger partial charge in [-0.05, 0) is 54.6 Å². The first kappa shape index (κ1) is 24.2. The number of nitrogens with zero attached hydrogens (tertiary/aromatic N) is 1. The number of methoxy groups -OCH3 is 3. The Balaban J connectivity index is 1.93. The lowest BCUT2D eigenvalue weighted by molar-refractivity contribution is 0.102. The molecule has 0 saturated carbocycles. The van der Waals surface area contributed by atoms with Crippen LogP contribution in [-0.2, 0) is 10.0 Å². The van der Waals surface area contributed by atoms with Crippen molar-refractivity contribution < 1.29 is 27.4 Å². The van der Waals surface area contributed by atoms with Crippen molar-refractivity contribution in [3.63, 3.8) is 0 Å². The largest absolute Gasteiger partial charge is 0.497 e. The summed E-state index contributed by atoms with van der Waals surface area (Å²) in [5, 5.41) is 2.79. The predicted octanol–water partition coefficient (Wildman–Crippen LogP) is 4.44. The SMILES string of the molecule is COc1ccc(N(C)S(=O)(=O)c2ccc(Cl)c(C(=O)Nc3cc(OC)ccc3OC)c2)cc1. The third-order valence-corrected chi connectivity index (χ3v) is 7.04. The Morgan fingerprint density at radius 2 is 1.52 bits per heavy atom. The highest BCUT2D eigenvalue weighted by atomic mass is 35.5. The van der Waals surface area contributed by atoms with Gasteiger partial charge in [-0.1, -0.05) is 11.6 Å². The summed E-state index contributed by atoms with van der Waals surface area (Å²) >= 11 is 6.23. The van der Waals surface area contributed by atoms with Crippen LogP contribution in [-0.4, -0.2) is 42.7 Å². The van der Waals surface area contributed by atoms with Crippen molar-refractivity contribution in [1.29, 1.82) is 0 Å². The van der Waals surface area contributed by atoms with Gasteiger partial charge in [-0.15, -0.1) is 0 Å². The number of ether oxygens (including phenoxy) is 3. The molecule has 0 atom stereocenters. The summed E-state index contributed by atoms with van der Waals surface area (Å²) in [7, 11) is 1.94. The first-order chi connectivity index (χ1) is 15.7. The molecule has 0 spiro atoms. The van der Waals surface area contributed by atoms with Crippen molar-refractivity contribution in [3.05, 3.63) is 71.2 Å². The summed E-state index contributed by atoms with van der Waals surface area (Å²) in [6, 6.07) is 15.4. The Bertz CT molecular complexity index is 1260. The van der Waals surface area contributed by atoms with Gasteiger partial charge in [-0.3, -0.25) is 9.10 Å². The number of anilines is 2. The molecule has 0 aliphatic heterocycles. The van der Waals surface area contributed by atoms with Gasteiger partial charge in [-0.2, -0.15) is 0 Å². The molecule has 0 aliphatic carbocycles. The van der Waals surface area contributed by atoms with Crippen LogP contribution in [0.1, 0.15) is 10.4 Å². The van der Waals surface area contributed by atoms with Crippen molar-refractivity contribution in [2.75, 3.05) is 38.0 Å². The number of nitrogens with one attached hydrogen (secondary N) is 1. The second-order valence-electron chi connectivity index (χ2n) is 6.83. The van der Waals surface area contributed by atoms with Crippen LogP contribution < -0.4 is 23.8 Å². The summed E-state index contributed by atoms with van der Waals surface area (Å²) in [5.74, 6) is 0.914. The average Bonchev–Trinajstić information content (AvgIpc) is 2.83. The van der Waals surface area contributed by atoms with Gasteiger partial charge in [0, 0.05) is 13.1 Å². The van der Waals surface area contributed by atoms with E-state index in [1.807, 2.05) is 0 Å². The first-order valence-corrected chi connectivity index (χ1v) is 11.5. The minimum atomic E-state index is -3.97. The van der Waals surface area contributed by atoms with Crippen LogP contribution in [0, 0.1) is 0 Å². The molecule has 0 bridgehead atoms. The lowest BCUT2D eigenvalue weighted by atomic mass is 10.2. The van der Waals surface area contributed by atoms with Crippen molar-refractivity contribution in [2.24, 2.45) is 0 Å². The normalized spacial score (nSPS) is 10.9. The fourth-order valence-electron chi connectivity index (χ4n) is 3.03. The van der Waals surface area contributed by atoms with E-state index in [9.17, 15) is 13.2 Å². The van der Waals surface area contributed by atoms with E-state index in [1.165, 1.54) is 46.6 Å². The highest BCUT2D eigenvalue weighted by molar-refractivity contribution is 7.92. The fraction of sp³-hybridized carbons (Fsp3) is 0.174. The molecule has 10 heteroatoms. The van der Waals surface area contributed by atoms with Gasteiger partial charge in [0.2, 0.25) is 0 Å². The molecular weight excluding hydrogens is 468 g/mol. The highest BCUT2D eigenvalue weighted by Gasteiger charge is 2.24. The van der Waals surface area contributed by atoms with Gasteiger partial charge < -0.3 is 19.5 Å². The van der Waals surface area contributed by atoms with Crippen molar-refractivity contribution in [3.8, 4) is 17.2 Å². The lowest BCUT2D eigenvalue weighted by Crippen LogP contribution is -2.27. The Morgan fingerprint density at radius 1 is 0.879 bits per heavy atom. The van der Waals surface area contributed by atoms with E-state index in [1.54, 1.807) is 42.5 Å². The molecule has 0 unspecified atom stereocenters. The second-order valence-corrected chi connectivity index (χ2v) is 9.21. The summed E-state index contributed by atoms with van der Waals surface area (Å²) in [6.07, 6.45) is 0. The smallest absolute Gasteiger partial charge is 0.264 e. The van der Waals surface area contributed by atoms with Crippen LogP contribution in [0.5, 0.6) is 17.2 Å². The molecule has 33 heavy (non-hydrogen) atoms. The molecule has 0 heterocycles. The van der Waals surface area contributed by atoms with Gasteiger partial charge in [0.05, 0.1) is 48.2 Å². The number of carbonyl (C=O) groups is 1. The zero-order chi connectivity index (χ0) is 24.2. The summed E-state index contributed by atoms with van der Waals surface area (Å²) in [6.45, 7) is 0. The molecule has 0 aliphatic rings. The number of benzene rings is 3. The molecule has 0 radical (unpaired) electrons. The molecule has 3 aromatic carbocycles.